The highest BCUT2D eigenvalue weighted by Crippen LogP contribution is 2.77. The maximum atomic E-state index is 12.8. The zero-order valence-electron chi connectivity index (χ0n) is 16.1. The number of rotatable bonds is 2. The standard InChI is InChI=1S/C22H27BrO4/c1-12-8-16-15-5-4-13-9-14(25)6-7-19(13,2)22(15)18(27-22)10-20(16,3)21(12,23)17(26)11-24/h6-7,9,12,15-16,18,24H,4-5,8,10-11H2,1-3H3/t12-,15?,16+,18?,19+,20+,21+,22?/m1/s1. The van der Waals surface area contributed by atoms with Crippen LogP contribution in [0.2, 0.25) is 0 Å². The Balaban J connectivity index is 1.60. The molecule has 8 atom stereocenters. The summed E-state index contributed by atoms with van der Waals surface area (Å²) < 4.78 is 5.84. The molecule has 3 unspecified atom stereocenters. The van der Waals surface area contributed by atoms with Crippen LogP contribution in [0.5, 0.6) is 0 Å². The van der Waals surface area contributed by atoms with Crippen LogP contribution in [0.4, 0.5) is 0 Å². The van der Waals surface area contributed by atoms with Gasteiger partial charge in [-0.1, -0.05) is 41.4 Å². The number of hydrogen-bond acceptors (Lipinski definition) is 4. The maximum absolute atomic E-state index is 12.8. The van der Waals surface area contributed by atoms with E-state index in [2.05, 4.69) is 42.8 Å². The number of alkyl halides is 1. The van der Waals surface area contributed by atoms with Gasteiger partial charge in [-0.2, -0.15) is 0 Å². The number of hydrogen-bond donors (Lipinski definition) is 1. The second-order valence-corrected chi connectivity index (χ2v) is 11.1. The number of fused-ring (bicyclic) bond motifs is 3. The molecule has 4 fully saturated rings. The first-order valence-electron chi connectivity index (χ1n) is 10.1. The number of Topliss-reactive ketones (excluding diaryl/α,β-unsaturated/α-hetero) is 1. The first-order valence-corrected chi connectivity index (χ1v) is 10.9. The number of carbonyl (C=O) groups is 2. The molecule has 0 radical (unpaired) electrons. The van der Waals surface area contributed by atoms with E-state index in [0.29, 0.717) is 11.8 Å². The van der Waals surface area contributed by atoms with Gasteiger partial charge in [-0.25, -0.2) is 0 Å². The van der Waals surface area contributed by atoms with Gasteiger partial charge in [0.25, 0.3) is 0 Å². The fourth-order valence-electron chi connectivity index (χ4n) is 7.66. The van der Waals surface area contributed by atoms with Gasteiger partial charge in [0, 0.05) is 5.41 Å². The normalized spacial score (nSPS) is 55.1. The summed E-state index contributed by atoms with van der Waals surface area (Å²) in [7, 11) is 0. The lowest BCUT2D eigenvalue weighted by Gasteiger charge is -2.55. The molecule has 1 heterocycles. The van der Waals surface area contributed by atoms with Gasteiger partial charge in [0.05, 0.1) is 10.4 Å². The highest BCUT2D eigenvalue weighted by Gasteiger charge is 2.81. The molecule has 1 saturated heterocycles. The van der Waals surface area contributed by atoms with Crippen LogP contribution in [-0.4, -0.2) is 39.3 Å². The Morgan fingerprint density at radius 1 is 1.37 bits per heavy atom. The summed E-state index contributed by atoms with van der Waals surface area (Å²) in [5.74, 6) is 0.895. The average molecular weight is 435 g/mol. The maximum Gasteiger partial charge on any atom is 0.178 e. The number of halogens is 1. The average Bonchev–Trinajstić information content (AvgIpc) is 3.31. The zero-order chi connectivity index (χ0) is 19.4. The summed E-state index contributed by atoms with van der Waals surface area (Å²) in [5, 5.41) is 9.65. The van der Waals surface area contributed by atoms with E-state index in [-0.39, 0.29) is 40.0 Å². The highest BCUT2D eigenvalue weighted by molar-refractivity contribution is 9.10. The quantitative estimate of drug-likeness (QED) is 0.534. The largest absolute Gasteiger partial charge is 0.389 e. The van der Waals surface area contributed by atoms with Crippen LogP contribution in [0.3, 0.4) is 0 Å². The van der Waals surface area contributed by atoms with Crippen LogP contribution in [-0.2, 0) is 14.3 Å². The van der Waals surface area contributed by atoms with E-state index in [1.165, 1.54) is 5.57 Å². The molecule has 5 rings (SSSR count). The zero-order valence-corrected chi connectivity index (χ0v) is 17.7. The van der Waals surface area contributed by atoms with Crippen molar-refractivity contribution in [2.24, 2.45) is 28.6 Å². The third kappa shape index (κ3) is 1.83. The Labute approximate surface area is 168 Å². The van der Waals surface area contributed by atoms with Gasteiger partial charge in [-0.05, 0) is 67.9 Å². The number of aliphatic hydroxyl groups is 1. The predicted octanol–water partition coefficient (Wildman–Crippen LogP) is 3.37. The minimum atomic E-state index is -0.688. The van der Waals surface area contributed by atoms with Crippen LogP contribution >= 0.6 is 15.9 Å². The van der Waals surface area contributed by atoms with Crippen LogP contribution in [0.1, 0.15) is 46.5 Å². The van der Waals surface area contributed by atoms with Gasteiger partial charge in [0.15, 0.2) is 11.6 Å². The molecule has 4 aliphatic carbocycles. The van der Waals surface area contributed by atoms with E-state index in [1.807, 2.05) is 6.08 Å². The van der Waals surface area contributed by atoms with Crippen molar-refractivity contribution < 1.29 is 19.4 Å². The summed E-state index contributed by atoms with van der Waals surface area (Å²) in [6.07, 6.45) is 9.41. The van der Waals surface area contributed by atoms with Gasteiger partial charge in [0.2, 0.25) is 0 Å². The highest BCUT2D eigenvalue weighted by atomic mass is 79.9. The second kappa shape index (κ2) is 5.22. The van der Waals surface area contributed by atoms with Gasteiger partial charge in [0.1, 0.15) is 12.2 Å². The molecule has 0 amide bonds. The number of carbonyl (C=O) groups excluding carboxylic acids is 2. The lowest BCUT2D eigenvalue weighted by Crippen LogP contribution is -2.60. The predicted molar refractivity (Wildman–Crippen MR) is 104 cm³/mol. The Bertz CT molecular complexity index is 817. The third-order valence-electron chi connectivity index (χ3n) is 8.99. The van der Waals surface area contributed by atoms with E-state index in [9.17, 15) is 14.7 Å². The van der Waals surface area contributed by atoms with E-state index >= 15 is 0 Å². The number of ketones is 2. The molecule has 4 nitrogen and oxygen atoms in total. The molecule has 1 aliphatic heterocycles. The van der Waals surface area contributed by atoms with Crippen LogP contribution in [0.15, 0.2) is 23.8 Å². The Morgan fingerprint density at radius 3 is 2.81 bits per heavy atom. The fraction of sp³-hybridized carbons (Fsp3) is 0.727. The molecule has 146 valence electrons. The minimum absolute atomic E-state index is 0.0812. The molecular formula is C22H27BrO4. The molecule has 3 saturated carbocycles. The molecule has 5 heteroatoms. The molecule has 0 aromatic heterocycles. The number of allylic oxidation sites excluding steroid dienone is 2. The summed E-state index contributed by atoms with van der Waals surface area (Å²) in [4.78, 5) is 24.8. The summed E-state index contributed by atoms with van der Waals surface area (Å²) in [6.45, 7) is 6.17. The summed E-state index contributed by atoms with van der Waals surface area (Å²) >= 11 is 3.85. The van der Waals surface area contributed by atoms with E-state index in [0.717, 1.165) is 25.7 Å². The molecule has 0 aromatic carbocycles. The van der Waals surface area contributed by atoms with Gasteiger partial charge < -0.3 is 9.84 Å². The first kappa shape index (κ1) is 18.3. The van der Waals surface area contributed by atoms with Crippen molar-refractivity contribution in [1.29, 1.82) is 0 Å². The molecule has 1 spiro atoms. The van der Waals surface area contributed by atoms with Gasteiger partial charge in [-0.15, -0.1) is 0 Å². The number of aliphatic hydroxyl groups excluding tert-OH is 1. The molecule has 0 bridgehead atoms. The van der Waals surface area contributed by atoms with Crippen LogP contribution < -0.4 is 0 Å². The molecule has 1 N–H and O–H groups in total. The smallest absolute Gasteiger partial charge is 0.178 e. The van der Waals surface area contributed by atoms with Crippen molar-refractivity contribution in [2.45, 2.75) is 62.5 Å². The monoisotopic (exact) mass is 434 g/mol. The Kier molecular flexibility index (Phi) is 3.53. The lowest BCUT2D eigenvalue weighted by molar-refractivity contribution is -0.129. The van der Waals surface area contributed by atoms with Crippen molar-refractivity contribution in [2.75, 3.05) is 6.61 Å². The molecular weight excluding hydrogens is 408 g/mol. The Hall–Kier alpha value is -0.780. The van der Waals surface area contributed by atoms with E-state index in [4.69, 9.17) is 4.74 Å². The summed E-state index contributed by atoms with van der Waals surface area (Å²) in [5.41, 5.74) is 0.517. The van der Waals surface area contributed by atoms with Crippen LogP contribution in [0, 0.1) is 28.6 Å². The lowest BCUT2D eigenvalue weighted by atomic mass is 9.47. The summed E-state index contributed by atoms with van der Waals surface area (Å²) in [6, 6.07) is 0. The van der Waals surface area contributed by atoms with Crippen molar-refractivity contribution in [3.05, 3.63) is 23.8 Å². The van der Waals surface area contributed by atoms with Crippen molar-refractivity contribution >= 4 is 27.5 Å². The minimum Gasteiger partial charge on any atom is -0.389 e. The first-order chi connectivity index (χ1) is 12.6. The number of ether oxygens (including phenoxy) is 1. The van der Waals surface area contributed by atoms with Crippen molar-refractivity contribution in [1.82, 2.24) is 0 Å². The third-order valence-corrected chi connectivity index (χ3v) is 11.1. The molecule has 27 heavy (non-hydrogen) atoms. The van der Waals surface area contributed by atoms with Crippen molar-refractivity contribution in [3.63, 3.8) is 0 Å². The van der Waals surface area contributed by atoms with E-state index < -0.39 is 10.9 Å². The topological polar surface area (TPSA) is 66.9 Å². The fourth-order valence-corrected chi connectivity index (χ4v) is 8.43. The van der Waals surface area contributed by atoms with E-state index in [1.54, 1.807) is 6.08 Å². The second-order valence-electron chi connectivity index (χ2n) is 9.81. The SMILES string of the molecule is C[C@@H]1C[C@H]2C3CCC4=CC(=O)C=C[C@]4(C)C34OC4C[C@]2(C)[C@@]1(Br)C(=O)CO. The molecule has 0 aromatic rings. The van der Waals surface area contributed by atoms with Crippen molar-refractivity contribution in [3.8, 4) is 0 Å². The van der Waals surface area contributed by atoms with Crippen LogP contribution in [0.25, 0.3) is 0 Å². The van der Waals surface area contributed by atoms with Gasteiger partial charge in [-0.3, -0.25) is 9.59 Å². The molecule has 5 aliphatic rings. The number of epoxide rings is 1. The van der Waals surface area contributed by atoms with Gasteiger partial charge >= 0.3 is 0 Å². The Morgan fingerprint density at radius 2 is 2.11 bits per heavy atom.